The predicted octanol–water partition coefficient (Wildman–Crippen LogP) is 4.36. The molecule has 3 heteroatoms. The average Bonchev–Trinajstić information content (AvgIpc) is 3.28. The van der Waals surface area contributed by atoms with Crippen LogP contribution in [0.2, 0.25) is 0 Å². The van der Waals surface area contributed by atoms with Gasteiger partial charge in [0.15, 0.2) is 0 Å². The lowest BCUT2D eigenvalue weighted by Crippen LogP contribution is -2.48. The Labute approximate surface area is 133 Å². The maximum absolute atomic E-state index is 9.62. The molecule has 1 aliphatic rings. The summed E-state index contributed by atoms with van der Waals surface area (Å²) in [5, 5.41) is 13.1. The lowest BCUT2D eigenvalue weighted by molar-refractivity contribution is 0.416. The molecule has 1 unspecified atom stereocenters. The van der Waals surface area contributed by atoms with Crippen LogP contribution in [0.5, 0.6) is 0 Å². The third kappa shape index (κ3) is 4.02. The van der Waals surface area contributed by atoms with Crippen molar-refractivity contribution in [1.29, 1.82) is 5.26 Å². The van der Waals surface area contributed by atoms with Crippen LogP contribution < -0.4 is 5.32 Å². The van der Waals surface area contributed by atoms with E-state index in [-0.39, 0.29) is 11.0 Å². The summed E-state index contributed by atoms with van der Waals surface area (Å²) in [5.41, 5.74) is 1.20. The van der Waals surface area contributed by atoms with E-state index in [0.717, 1.165) is 12.3 Å². The number of nitrogens with zero attached hydrogens (tertiary/aromatic N) is 1. The van der Waals surface area contributed by atoms with Crippen LogP contribution in [0.4, 0.5) is 0 Å². The van der Waals surface area contributed by atoms with Crippen molar-refractivity contribution in [2.75, 3.05) is 12.3 Å². The van der Waals surface area contributed by atoms with Crippen LogP contribution in [-0.2, 0) is 5.41 Å². The van der Waals surface area contributed by atoms with Gasteiger partial charge in [-0.3, -0.25) is 5.32 Å². The Morgan fingerprint density at radius 3 is 2.29 bits per heavy atom. The Kier molecular flexibility index (Phi) is 5.01. The summed E-state index contributed by atoms with van der Waals surface area (Å²) in [6, 6.07) is 11.3. The van der Waals surface area contributed by atoms with Crippen LogP contribution in [0.25, 0.3) is 0 Å². The van der Waals surface area contributed by atoms with Crippen molar-refractivity contribution in [2.45, 2.75) is 56.4 Å². The first-order chi connectivity index (χ1) is 9.91. The maximum Gasteiger partial charge on any atom is 0.119 e. The molecule has 1 saturated carbocycles. The fraction of sp³-hybridized carbons (Fsp3) is 0.611. The van der Waals surface area contributed by atoms with Gasteiger partial charge in [-0.2, -0.15) is 5.26 Å². The van der Waals surface area contributed by atoms with Gasteiger partial charge in [0.2, 0.25) is 0 Å². The van der Waals surface area contributed by atoms with Crippen LogP contribution >= 0.6 is 11.8 Å². The molecule has 1 atom stereocenters. The Bertz CT molecular complexity index is 506. The summed E-state index contributed by atoms with van der Waals surface area (Å²) in [4.78, 5) is 1.25. The summed E-state index contributed by atoms with van der Waals surface area (Å²) in [6.45, 7) is 9.63. The van der Waals surface area contributed by atoms with Gasteiger partial charge in [-0.1, -0.05) is 39.8 Å². The third-order valence-electron chi connectivity index (χ3n) is 4.15. The molecule has 21 heavy (non-hydrogen) atoms. The third-order valence-corrected chi connectivity index (χ3v) is 5.36. The van der Waals surface area contributed by atoms with E-state index in [4.69, 9.17) is 0 Å². The van der Waals surface area contributed by atoms with Crippen LogP contribution in [0.3, 0.4) is 0 Å². The van der Waals surface area contributed by atoms with Gasteiger partial charge in [-0.15, -0.1) is 11.8 Å². The molecule has 2 rings (SSSR count). The van der Waals surface area contributed by atoms with Crippen molar-refractivity contribution in [2.24, 2.45) is 5.92 Å². The molecule has 0 spiro atoms. The number of rotatable bonds is 6. The van der Waals surface area contributed by atoms with Gasteiger partial charge in [-0.05, 0) is 48.4 Å². The predicted molar refractivity (Wildman–Crippen MR) is 90.6 cm³/mol. The second-order valence-corrected chi connectivity index (χ2v) is 8.00. The van der Waals surface area contributed by atoms with Crippen LogP contribution in [0, 0.1) is 17.2 Å². The Morgan fingerprint density at radius 1 is 1.24 bits per heavy atom. The minimum atomic E-state index is -0.345. The number of nitrogens with one attached hydrogen (secondary N) is 1. The molecule has 0 aromatic heterocycles. The van der Waals surface area contributed by atoms with Gasteiger partial charge in [0.1, 0.15) is 5.54 Å². The van der Waals surface area contributed by atoms with Gasteiger partial charge in [0, 0.05) is 10.6 Å². The number of thioether (sulfide) groups is 1. The van der Waals surface area contributed by atoms with Crippen molar-refractivity contribution in [1.82, 2.24) is 5.32 Å². The maximum atomic E-state index is 9.62. The monoisotopic (exact) mass is 302 g/mol. The van der Waals surface area contributed by atoms with E-state index in [1.54, 1.807) is 11.8 Å². The van der Waals surface area contributed by atoms with Gasteiger partial charge in [-0.25, -0.2) is 0 Å². The highest BCUT2D eigenvalue weighted by molar-refractivity contribution is 7.99. The molecule has 1 N–H and O–H groups in total. The van der Waals surface area contributed by atoms with Crippen molar-refractivity contribution in [3.63, 3.8) is 0 Å². The SMILES string of the molecule is CCNC(C#N)(CSc1ccc(C(C)(C)C)cc1)C1CC1. The van der Waals surface area contributed by atoms with Crippen molar-refractivity contribution in [3.05, 3.63) is 29.8 Å². The number of hydrogen-bond donors (Lipinski definition) is 1. The van der Waals surface area contributed by atoms with E-state index in [2.05, 4.69) is 63.3 Å². The topological polar surface area (TPSA) is 35.8 Å². The number of benzene rings is 1. The largest absolute Gasteiger partial charge is 0.299 e. The zero-order chi connectivity index (χ0) is 15.5. The highest BCUT2D eigenvalue weighted by atomic mass is 32.2. The Hall–Kier alpha value is -0.980. The minimum Gasteiger partial charge on any atom is -0.299 e. The second-order valence-electron chi connectivity index (χ2n) is 6.95. The van der Waals surface area contributed by atoms with Gasteiger partial charge < -0.3 is 0 Å². The summed E-state index contributed by atoms with van der Waals surface area (Å²) < 4.78 is 0. The fourth-order valence-corrected chi connectivity index (χ4v) is 3.74. The summed E-state index contributed by atoms with van der Waals surface area (Å²) in [6.07, 6.45) is 2.37. The molecular weight excluding hydrogens is 276 g/mol. The highest BCUT2D eigenvalue weighted by Gasteiger charge is 2.45. The summed E-state index contributed by atoms with van der Waals surface area (Å²) in [5.74, 6) is 1.36. The van der Waals surface area contributed by atoms with Gasteiger partial charge >= 0.3 is 0 Å². The van der Waals surface area contributed by atoms with E-state index < -0.39 is 0 Å². The normalized spacial score (nSPS) is 18.0. The summed E-state index contributed by atoms with van der Waals surface area (Å²) in [7, 11) is 0. The van der Waals surface area contributed by atoms with Crippen molar-refractivity contribution in [3.8, 4) is 6.07 Å². The van der Waals surface area contributed by atoms with E-state index >= 15 is 0 Å². The first-order valence-corrected chi connectivity index (χ1v) is 8.79. The Balaban J connectivity index is 2.03. The second kappa shape index (κ2) is 6.42. The standard InChI is InChI=1S/C18H26N2S/c1-5-20-18(12-19,15-6-7-15)13-21-16-10-8-14(9-11-16)17(2,3)4/h8-11,15,20H,5-7,13H2,1-4H3. The lowest BCUT2D eigenvalue weighted by Gasteiger charge is -2.27. The van der Waals surface area contributed by atoms with E-state index in [0.29, 0.717) is 5.92 Å². The molecule has 114 valence electrons. The van der Waals surface area contributed by atoms with Gasteiger partial charge in [0.25, 0.3) is 0 Å². The zero-order valence-electron chi connectivity index (χ0n) is 13.6. The molecule has 0 bridgehead atoms. The minimum absolute atomic E-state index is 0.192. The van der Waals surface area contributed by atoms with E-state index in [1.807, 2.05) is 0 Å². The fourth-order valence-electron chi connectivity index (χ4n) is 2.62. The molecule has 0 saturated heterocycles. The quantitative estimate of drug-likeness (QED) is 0.793. The smallest absolute Gasteiger partial charge is 0.119 e. The van der Waals surface area contributed by atoms with Crippen LogP contribution in [0.15, 0.2) is 29.2 Å². The first kappa shape index (κ1) is 16.4. The molecule has 0 amide bonds. The molecule has 0 heterocycles. The summed E-state index contributed by atoms with van der Waals surface area (Å²) >= 11 is 1.79. The number of nitriles is 1. The molecule has 0 aliphatic heterocycles. The molecule has 2 nitrogen and oxygen atoms in total. The molecular formula is C18H26N2S. The van der Waals surface area contributed by atoms with Crippen LogP contribution in [-0.4, -0.2) is 17.8 Å². The number of hydrogen-bond acceptors (Lipinski definition) is 3. The average molecular weight is 302 g/mol. The van der Waals surface area contributed by atoms with E-state index in [1.165, 1.54) is 23.3 Å². The molecule has 0 radical (unpaired) electrons. The first-order valence-electron chi connectivity index (χ1n) is 7.81. The highest BCUT2D eigenvalue weighted by Crippen LogP contribution is 2.42. The van der Waals surface area contributed by atoms with Gasteiger partial charge in [0.05, 0.1) is 6.07 Å². The molecule has 1 aromatic rings. The Morgan fingerprint density at radius 2 is 1.86 bits per heavy atom. The van der Waals surface area contributed by atoms with Crippen LogP contribution in [0.1, 0.15) is 46.1 Å². The van der Waals surface area contributed by atoms with E-state index in [9.17, 15) is 5.26 Å². The molecule has 1 aromatic carbocycles. The molecule has 1 aliphatic carbocycles. The van der Waals surface area contributed by atoms with Crippen molar-refractivity contribution >= 4 is 11.8 Å². The molecule has 1 fully saturated rings. The lowest BCUT2D eigenvalue weighted by atomic mass is 9.87. The zero-order valence-corrected chi connectivity index (χ0v) is 14.4. The van der Waals surface area contributed by atoms with Crippen molar-refractivity contribution < 1.29 is 0 Å².